The van der Waals surface area contributed by atoms with Crippen molar-refractivity contribution in [1.82, 2.24) is 0 Å². The van der Waals surface area contributed by atoms with Gasteiger partial charge in [-0.1, -0.05) is 42.7 Å². The van der Waals surface area contributed by atoms with Gasteiger partial charge in [0.1, 0.15) is 0 Å². The summed E-state index contributed by atoms with van der Waals surface area (Å²) in [6.07, 6.45) is 7.70. The molecule has 1 aromatic rings. The maximum absolute atomic E-state index is 6.10. The smallest absolute Gasteiger partial charge is 0.0409 e. The fourth-order valence-corrected chi connectivity index (χ4v) is 1.93. The van der Waals surface area contributed by atoms with E-state index in [0.29, 0.717) is 0 Å². The van der Waals surface area contributed by atoms with Crippen molar-refractivity contribution >= 4 is 11.6 Å². The highest BCUT2D eigenvalue weighted by atomic mass is 35.5. The van der Waals surface area contributed by atoms with E-state index in [-0.39, 0.29) is 6.04 Å². The minimum absolute atomic E-state index is 0.113. The van der Waals surface area contributed by atoms with Crippen LogP contribution < -0.4 is 5.73 Å². The van der Waals surface area contributed by atoms with Crippen LogP contribution in [-0.4, -0.2) is 0 Å². The number of halogens is 1. The molecular formula is C14H20ClN. The largest absolute Gasteiger partial charge is 0.324 e. The zero-order chi connectivity index (χ0) is 11.8. The van der Waals surface area contributed by atoms with E-state index in [1.165, 1.54) is 19.3 Å². The molecular weight excluding hydrogens is 218 g/mol. The second kappa shape index (κ2) is 7.48. The quantitative estimate of drug-likeness (QED) is 0.549. The standard InChI is InChI=1S/C14H20ClN/c1-2-3-4-5-6-10-14(16)12-8-7-9-13(15)11-12/h2,7-9,11,14H,1,3-6,10,16H2. The lowest BCUT2D eigenvalue weighted by Crippen LogP contribution is -2.09. The van der Waals surface area contributed by atoms with E-state index in [1.807, 2.05) is 30.3 Å². The van der Waals surface area contributed by atoms with Crippen LogP contribution in [0.4, 0.5) is 0 Å². The average molecular weight is 238 g/mol. The van der Waals surface area contributed by atoms with E-state index in [4.69, 9.17) is 17.3 Å². The summed E-state index contributed by atoms with van der Waals surface area (Å²) in [5.74, 6) is 0. The number of hydrogen-bond acceptors (Lipinski definition) is 1. The van der Waals surface area contributed by atoms with Gasteiger partial charge in [-0.3, -0.25) is 0 Å². The van der Waals surface area contributed by atoms with Gasteiger partial charge in [0.15, 0.2) is 0 Å². The molecule has 0 aromatic heterocycles. The number of hydrogen-bond donors (Lipinski definition) is 1. The Labute approximate surface area is 103 Å². The summed E-state index contributed by atoms with van der Waals surface area (Å²) in [7, 11) is 0. The fourth-order valence-electron chi connectivity index (χ4n) is 1.73. The zero-order valence-electron chi connectivity index (χ0n) is 9.66. The Hall–Kier alpha value is -0.790. The molecule has 1 aromatic carbocycles. The van der Waals surface area contributed by atoms with E-state index in [0.717, 1.165) is 23.4 Å². The Morgan fingerprint density at radius 1 is 1.31 bits per heavy atom. The van der Waals surface area contributed by atoms with E-state index >= 15 is 0 Å². The second-order valence-electron chi connectivity index (χ2n) is 4.09. The lowest BCUT2D eigenvalue weighted by Gasteiger charge is -2.11. The first-order chi connectivity index (χ1) is 7.74. The topological polar surface area (TPSA) is 26.0 Å². The van der Waals surface area contributed by atoms with Crippen molar-refractivity contribution in [2.45, 2.75) is 38.1 Å². The predicted molar refractivity (Wildman–Crippen MR) is 71.7 cm³/mol. The lowest BCUT2D eigenvalue weighted by atomic mass is 10.0. The highest BCUT2D eigenvalue weighted by molar-refractivity contribution is 6.30. The van der Waals surface area contributed by atoms with Crippen LogP contribution in [0.25, 0.3) is 0 Å². The molecule has 0 amide bonds. The van der Waals surface area contributed by atoms with Gasteiger partial charge >= 0.3 is 0 Å². The first-order valence-corrected chi connectivity index (χ1v) is 6.24. The summed E-state index contributed by atoms with van der Waals surface area (Å²) in [5.41, 5.74) is 7.24. The van der Waals surface area contributed by atoms with Gasteiger partial charge in [-0.25, -0.2) is 0 Å². The Bertz CT molecular complexity index is 322. The van der Waals surface area contributed by atoms with Crippen molar-refractivity contribution < 1.29 is 0 Å². The molecule has 1 unspecified atom stereocenters. The van der Waals surface area contributed by atoms with Gasteiger partial charge in [0.2, 0.25) is 0 Å². The van der Waals surface area contributed by atoms with Gasteiger partial charge < -0.3 is 5.73 Å². The van der Waals surface area contributed by atoms with Gasteiger partial charge in [0.05, 0.1) is 0 Å². The Morgan fingerprint density at radius 2 is 2.12 bits per heavy atom. The summed E-state index contributed by atoms with van der Waals surface area (Å²) in [5, 5.41) is 0.764. The van der Waals surface area contributed by atoms with Crippen molar-refractivity contribution in [2.24, 2.45) is 5.73 Å². The van der Waals surface area contributed by atoms with Gasteiger partial charge in [-0.05, 0) is 37.0 Å². The summed E-state index contributed by atoms with van der Waals surface area (Å²) < 4.78 is 0. The number of unbranched alkanes of at least 4 members (excludes halogenated alkanes) is 3. The Morgan fingerprint density at radius 3 is 2.81 bits per heavy atom. The lowest BCUT2D eigenvalue weighted by molar-refractivity contribution is 0.572. The Balaban J connectivity index is 2.29. The third-order valence-electron chi connectivity index (χ3n) is 2.70. The molecule has 1 atom stereocenters. The third-order valence-corrected chi connectivity index (χ3v) is 2.94. The highest BCUT2D eigenvalue weighted by Crippen LogP contribution is 2.20. The molecule has 88 valence electrons. The first-order valence-electron chi connectivity index (χ1n) is 5.86. The molecule has 16 heavy (non-hydrogen) atoms. The second-order valence-corrected chi connectivity index (χ2v) is 4.52. The van der Waals surface area contributed by atoms with Gasteiger partial charge in [-0.2, -0.15) is 0 Å². The zero-order valence-corrected chi connectivity index (χ0v) is 10.4. The minimum Gasteiger partial charge on any atom is -0.324 e. The van der Waals surface area contributed by atoms with Crippen LogP contribution in [0, 0.1) is 0 Å². The number of benzene rings is 1. The minimum atomic E-state index is 0.113. The molecule has 2 heteroatoms. The highest BCUT2D eigenvalue weighted by Gasteiger charge is 2.05. The number of allylic oxidation sites excluding steroid dienone is 1. The molecule has 0 aliphatic rings. The predicted octanol–water partition coefficient (Wildman–Crippen LogP) is 4.48. The first kappa shape index (κ1) is 13.3. The van der Waals surface area contributed by atoms with E-state index in [1.54, 1.807) is 0 Å². The molecule has 2 N–H and O–H groups in total. The molecule has 0 fully saturated rings. The molecule has 0 saturated heterocycles. The van der Waals surface area contributed by atoms with Crippen LogP contribution >= 0.6 is 11.6 Å². The summed E-state index contributed by atoms with van der Waals surface area (Å²) >= 11 is 5.92. The van der Waals surface area contributed by atoms with Crippen LogP contribution in [0.3, 0.4) is 0 Å². The van der Waals surface area contributed by atoms with Crippen LogP contribution in [0.2, 0.25) is 5.02 Å². The van der Waals surface area contributed by atoms with Gasteiger partial charge in [0, 0.05) is 11.1 Å². The summed E-state index contributed by atoms with van der Waals surface area (Å²) in [4.78, 5) is 0. The molecule has 0 aliphatic carbocycles. The number of rotatable bonds is 7. The maximum Gasteiger partial charge on any atom is 0.0409 e. The normalized spacial score (nSPS) is 12.4. The van der Waals surface area contributed by atoms with Crippen molar-refractivity contribution in [1.29, 1.82) is 0 Å². The molecule has 0 saturated carbocycles. The van der Waals surface area contributed by atoms with Crippen molar-refractivity contribution in [3.05, 3.63) is 47.5 Å². The molecule has 0 radical (unpaired) electrons. The SMILES string of the molecule is C=CCCCCCC(N)c1cccc(Cl)c1. The maximum atomic E-state index is 6.10. The summed E-state index contributed by atoms with van der Waals surface area (Å²) in [6.45, 7) is 3.71. The van der Waals surface area contributed by atoms with Crippen LogP contribution in [0.1, 0.15) is 43.7 Å². The molecule has 1 nitrogen and oxygen atoms in total. The van der Waals surface area contributed by atoms with Gasteiger partial charge in [-0.15, -0.1) is 6.58 Å². The van der Waals surface area contributed by atoms with E-state index < -0.39 is 0 Å². The molecule has 1 rings (SSSR count). The van der Waals surface area contributed by atoms with Crippen molar-refractivity contribution in [2.75, 3.05) is 0 Å². The van der Waals surface area contributed by atoms with E-state index in [9.17, 15) is 0 Å². The van der Waals surface area contributed by atoms with Crippen molar-refractivity contribution in [3.63, 3.8) is 0 Å². The van der Waals surface area contributed by atoms with Crippen LogP contribution in [0.5, 0.6) is 0 Å². The van der Waals surface area contributed by atoms with Crippen molar-refractivity contribution in [3.8, 4) is 0 Å². The molecule has 0 heterocycles. The van der Waals surface area contributed by atoms with Crippen LogP contribution in [-0.2, 0) is 0 Å². The van der Waals surface area contributed by atoms with Gasteiger partial charge in [0.25, 0.3) is 0 Å². The summed E-state index contributed by atoms with van der Waals surface area (Å²) in [6, 6.07) is 7.94. The molecule has 0 aliphatic heterocycles. The average Bonchev–Trinajstić information content (AvgIpc) is 2.28. The van der Waals surface area contributed by atoms with Crippen LogP contribution in [0.15, 0.2) is 36.9 Å². The molecule has 0 spiro atoms. The molecule has 0 bridgehead atoms. The monoisotopic (exact) mass is 237 g/mol. The fraction of sp³-hybridized carbons (Fsp3) is 0.429. The Kier molecular flexibility index (Phi) is 6.20. The number of nitrogens with two attached hydrogens (primary N) is 1. The third kappa shape index (κ3) is 4.82. The van der Waals surface area contributed by atoms with E-state index in [2.05, 4.69) is 6.58 Å².